The maximum absolute atomic E-state index is 5.82. The highest BCUT2D eigenvalue weighted by Crippen LogP contribution is 2.18. The summed E-state index contributed by atoms with van der Waals surface area (Å²) in [6.07, 6.45) is 0. The molecule has 0 amide bonds. The Labute approximate surface area is 122 Å². The Morgan fingerprint density at radius 3 is 2.39 bits per heavy atom. The van der Waals surface area contributed by atoms with Crippen LogP contribution < -0.4 is 5.32 Å². The van der Waals surface area contributed by atoms with Gasteiger partial charge in [0.05, 0.1) is 0 Å². The van der Waals surface area contributed by atoms with E-state index in [1.807, 2.05) is 42.5 Å². The largest absolute Gasteiger partial charge is 0.341 e. The van der Waals surface area contributed by atoms with Crippen molar-refractivity contribution in [2.24, 2.45) is 0 Å². The Bertz CT molecular complexity index is 511. The Morgan fingerprint density at radius 2 is 1.72 bits per heavy atom. The summed E-state index contributed by atoms with van der Waals surface area (Å²) in [5.41, 5.74) is 2.23. The summed E-state index contributed by atoms with van der Waals surface area (Å²) in [5.74, 6) is 0.875. The van der Waals surface area contributed by atoms with E-state index in [0.717, 1.165) is 20.8 Å². The lowest BCUT2D eigenvalue weighted by Crippen LogP contribution is -2.04. The van der Waals surface area contributed by atoms with Gasteiger partial charge in [-0.25, -0.2) is 0 Å². The summed E-state index contributed by atoms with van der Waals surface area (Å²) in [5, 5.41) is 3.90. The number of rotatable bonds is 3. The fourth-order valence-corrected chi connectivity index (χ4v) is 2.51. The molecule has 0 spiro atoms. The van der Waals surface area contributed by atoms with Crippen LogP contribution in [0, 0.1) is 0 Å². The van der Waals surface area contributed by atoms with Crippen LogP contribution in [-0.2, 0) is 5.75 Å². The molecule has 2 aromatic rings. The zero-order valence-electron chi connectivity index (χ0n) is 9.60. The molecular formula is C14H12ClNS2. The third-order valence-electron chi connectivity index (χ3n) is 2.30. The first kappa shape index (κ1) is 13.4. The average molecular weight is 294 g/mol. The van der Waals surface area contributed by atoms with Gasteiger partial charge in [0.25, 0.3) is 0 Å². The first-order chi connectivity index (χ1) is 8.74. The summed E-state index contributed by atoms with van der Waals surface area (Å²) in [4.78, 5) is 0. The second-order valence-electron chi connectivity index (χ2n) is 3.69. The van der Waals surface area contributed by atoms with Gasteiger partial charge in [-0.3, -0.25) is 0 Å². The van der Waals surface area contributed by atoms with Gasteiger partial charge in [-0.05, 0) is 29.8 Å². The zero-order chi connectivity index (χ0) is 12.8. The minimum absolute atomic E-state index is 0.725. The van der Waals surface area contributed by atoms with E-state index < -0.39 is 0 Å². The van der Waals surface area contributed by atoms with E-state index in [1.165, 1.54) is 5.56 Å². The molecule has 0 bridgehead atoms. The van der Waals surface area contributed by atoms with Crippen LogP contribution in [0.3, 0.4) is 0 Å². The van der Waals surface area contributed by atoms with Crippen LogP contribution >= 0.6 is 35.6 Å². The summed E-state index contributed by atoms with van der Waals surface area (Å²) < 4.78 is 0.765. The highest BCUT2D eigenvalue weighted by molar-refractivity contribution is 8.22. The molecule has 1 nitrogen and oxygen atoms in total. The van der Waals surface area contributed by atoms with Gasteiger partial charge in [-0.15, -0.1) is 0 Å². The number of thioether (sulfide) groups is 1. The highest BCUT2D eigenvalue weighted by Gasteiger charge is 2.00. The van der Waals surface area contributed by atoms with Crippen molar-refractivity contribution >= 4 is 45.6 Å². The third-order valence-corrected chi connectivity index (χ3v) is 3.85. The number of hydrogen-bond acceptors (Lipinski definition) is 2. The summed E-state index contributed by atoms with van der Waals surface area (Å²) in [7, 11) is 0. The molecule has 92 valence electrons. The predicted octanol–water partition coefficient (Wildman–Crippen LogP) is 4.97. The lowest BCUT2D eigenvalue weighted by molar-refractivity contribution is 1.42. The van der Waals surface area contributed by atoms with Gasteiger partial charge in [-0.2, -0.15) is 0 Å². The van der Waals surface area contributed by atoms with Gasteiger partial charge in [0.15, 0.2) is 0 Å². The van der Waals surface area contributed by atoms with Gasteiger partial charge < -0.3 is 5.32 Å². The molecule has 0 aliphatic carbocycles. The van der Waals surface area contributed by atoms with Crippen molar-refractivity contribution in [3.05, 3.63) is 65.2 Å². The standard InChI is InChI=1S/C14H12ClNS2/c15-12-6-8-13(9-7-12)16-14(17)18-10-11-4-2-1-3-5-11/h1-9H,10H2,(H,16,17). The van der Waals surface area contributed by atoms with E-state index in [4.69, 9.17) is 23.8 Å². The quantitative estimate of drug-likeness (QED) is 0.803. The predicted molar refractivity (Wildman–Crippen MR) is 85.4 cm³/mol. The van der Waals surface area contributed by atoms with Gasteiger partial charge in [0, 0.05) is 16.5 Å². The van der Waals surface area contributed by atoms with Gasteiger partial charge in [-0.1, -0.05) is 65.9 Å². The molecule has 0 heterocycles. The van der Waals surface area contributed by atoms with E-state index in [2.05, 4.69) is 17.4 Å². The van der Waals surface area contributed by atoms with Crippen molar-refractivity contribution in [1.82, 2.24) is 0 Å². The molecule has 2 aromatic carbocycles. The second kappa shape index (κ2) is 6.78. The number of anilines is 1. The zero-order valence-corrected chi connectivity index (χ0v) is 12.0. The Hall–Kier alpha value is -1.03. The first-order valence-corrected chi connectivity index (χ1v) is 7.24. The molecule has 2 rings (SSSR count). The second-order valence-corrected chi connectivity index (χ2v) is 5.78. The molecule has 1 N–H and O–H groups in total. The van der Waals surface area contributed by atoms with Crippen LogP contribution in [-0.4, -0.2) is 4.32 Å². The molecule has 0 atom stereocenters. The fourth-order valence-electron chi connectivity index (χ4n) is 1.41. The number of halogens is 1. The minimum Gasteiger partial charge on any atom is -0.341 e. The fraction of sp³-hybridized carbons (Fsp3) is 0.0714. The Morgan fingerprint density at radius 1 is 1.06 bits per heavy atom. The summed E-state index contributed by atoms with van der Waals surface area (Å²) >= 11 is 12.7. The number of hydrogen-bond donors (Lipinski definition) is 1. The normalized spacial score (nSPS) is 10.1. The topological polar surface area (TPSA) is 12.0 Å². The van der Waals surface area contributed by atoms with E-state index in [-0.39, 0.29) is 0 Å². The smallest absolute Gasteiger partial charge is 0.138 e. The minimum atomic E-state index is 0.725. The van der Waals surface area contributed by atoms with Crippen LogP contribution in [0.2, 0.25) is 5.02 Å². The van der Waals surface area contributed by atoms with Gasteiger partial charge in [0.1, 0.15) is 4.32 Å². The van der Waals surface area contributed by atoms with Gasteiger partial charge in [0.2, 0.25) is 0 Å². The molecule has 0 aliphatic rings. The van der Waals surface area contributed by atoms with E-state index in [1.54, 1.807) is 11.8 Å². The molecule has 4 heteroatoms. The maximum Gasteiger partial charge on any atom is 0.138 e. The summed E-state index contributed by atoms with van der Waals surface area (Å²) in [6.45, 7) is 0. The lowest BCUT2D eigenvalue weighted by atomic mass is 10.2. The van der Waals surface area contributed by atoms with Crippen molar-refractivity contribution < 1.29 is 0 Å². The van der Waals surface area contributed by atoms with Crippen molar-refractivity contribution in [2.75, 3.05) is 5.32 Å². The van der Waals surface area contributed by atoms with Gasteiger partial charge >= 0.3 is 0 Å². The number of benzene rings is 2. The molecule has 0 aromatic heterocycles. The van der Waals surface area contributed by atoms with E-state index in [0.29, 0.717) is 0 Å². The van der Waals surface area contributed by atoms with Crippen LogP contribution in [0.1, 0.15) is 5.56 Å². The molecule has 0 saturated heterocycles. The Balaban J connectivity index is 1.84. The molecule has 0 unspecified atom stereocenters. The molecule has 0 saturated carbocycles. The SMILES string of the molecule is S=C(Nc1ccc(Cl)cc1)SCc1ccccc1. The van der Waals surface area contributed by atoms with Crippen molar-refractivity contribution in [1.29, 1.82) is 0 Å². The van der Waals surface area contributed by atoms with Crippen LogP contribution in [0.5, 0.6) is 0 Å². The molecule has 18 heavy (non-hydrogen) atoms. The molecule has 0 radical (unpaired) electrons. The number of thiocarbonyl (C=S) groups is 1. The van der Waals surface area contributed by atoms with Crippen molar-refractivity contribution in [3.63, 3.8) is 0 Å². The van der Waals surface area contributed by atoms with Crippen molar-refractivity contribution in [2.45, 2.75) is 5.75 Å². The molecular weight excluding hydrogens is 282 g/mol. The van der Waals surface area contributed by atoms with Crippen LogP contribution in [0.4, 0.5) is 5.69 Å². The molecule has 0 fully saturated rings. The maximum atomic E-state index is 5.82. The van der Waals surface area contributed by atoms with Crippen LogP contribution in [0.25, 0.3) is 0 Å². The Kier molecular flexibility index (Phi) is 5.05. The molecule has 0 aliphatic heterocycles. The highest BCUT2D eigenvalue weighted by atomic mass is 35.5. The lowest BCUT2D eigenvalue weighted by Gasteiger charge is -2.07. The van der Waals surface area contributed by atoms with E-state index >= 15 is 0 Å². The van der Waals surface area contributed by atoms with E-state index in [9.17, 15) is 0 Å². The number of nitrogens with one attached hydrogen (secondary N) is 1. The van der Waals surface area contributed by atoms with Crippen molar-refractivity contribution in [3.8, 4) is 0 Å². The average Bonchev–Trinajstić information content (AvgIpc) is 2.40. The van der Waals surface area contributed by atoms with Crippen LogP contribution in [0.15, 0.2) is 54.6 Å². The monoisotopic (exact) mass is 293 g/mol. The first-order valence-electron chi connectivity index (χ1n) is 5.47. The third kappa shape index (κ3) is 4.33. The summed E-state index contributed by atoms with van der Waals surface area (Å²) in [6, 6.07) is 17.8.